The lowest BCUT2D eigenvalue weighted by atomic mass is 9.90. The summed E-state index contributed by atoms with van der Waals surface area (Å²) in [7, 11) is 0. The second-order valence-electron chi connectivity index (χ2n) is 8.06. The molecule has 11 heteroatoms. The third kappa shape index (κ3) is 5.05. The minimum absolute atomic E-state index is 0.128. The van der Waals surface area contributed by atoms with E-state index in [-0.39, 0.29) is 28.9 Å². The monoisotopic (exact) mass is 483 g/mol. The van der Waals surface area contributed by atoms with Crippen molar-refractivity contribution in [2.75, 3.05) is 5.32 Å². The van der Waals surface area contributed by atoms with Crippen LogP contribution in [0.4, 0.5) is 23.2 Å². The first-order valence-electron chi connectivity index (χ1n) is 10.6. The normalized spacial score (nSPS) is 19.0. The molecule has 1 fully saturated rings. The van der Waals surface area contributed by atoms with E-state index in [1.165, 1.54) is 18.3 Å². The number of rotatable bonds is 5. The van der Waals surface area contributed by atoms with Crippen LogP contribution in [-0.4, -0.2) is 32.8 Å². The Labute approximate surface area is 192 Å². The minimum Gasteiger partial charge on any atom is -0.382 e. The van der Waals surface area contributed by atoms with Crippen molar-refractivity contribution < 1.29 is 22.4 Å². The number of nitrogens with zero attached hydrogens (tertiary/aromatic N) is 3. The summed E-state index contributed by atoms with van der Waals surface area (Å²) in [4.78, 5) is 16.2. The molecule has 0 bridgehead atoms. The maximum atomic E-state index is 14.2. The van der Waals surface area contributed by atoms with Crippen LogP contribution in [0.1, 0.15) is 48.7 Å². The molecule has 3 aromatic rings. The molecular weight excluding hydrogens is 462 g/mol. The van der Waals surface area contributed by atoms with Gasteiger partial charge >= 0.3 is 6.18 Å². The van der Waals surface area contributed by atoms with Gasteiger partial charge in [0.1, 0.15) is 11.3 Å². The van der Waals surface area contributed by atoms with Gasteiger partial charge in [-0.15, -0.1) is 0 Å². The lowest BCUT2D eigenvalue weighted by Gasteiger charge is -2.31. The fourth-order valence-electron chi connectivity index (χ4n) is 4.14. The summed E-state index contributed by atoms with van der Waals surface area (Å²) in [5.41, 5.74) is -0.664. The molecule has 1 aliphatic rings. The van der Waals surface area contributed by atoms with E-state index in [4.69, 9.17) is 11.6 Å². The molecule has 176 valence electrons. The Morgan fingerprint density at radius 2 is 2.00 bits per heavy atom. The quantitative estimate of drug-likeness (QED) is 0.476. The van der Waals surface area contributed by atoms with Crippen LogP contribution in [-0.2, 0) is 12.7 Å². The first kappa shape index (κ1) is 23.3. The molecule has 2 aromatic heterocycles. The number of hydrogen-bond donors (Lipinski definition) is 2. The van der Waals surface area contributed by atoms with Gasteiger partial charge in [0.2, 0.25) is 5.95 Å². The molecule has 1 amide bonds. The molecule has 2 atom stereocenters. The van der Waals surface area contributed by atoms with Gasteiger partial charge in [0.05, 0.1) is 11.7 Å². The second-order valence-corrected chi connectivity index (χ2v) is 8.49. The topological polar surface area (TPSA) is 71.8 Å². The van der Waals surface area contributed by atoms with Crippen LogP contribution in [0.3, 0.4) is 0 Å². The maximum Gasteiger partial charge on any atom is 0.433 e. The summed E-state index contributed by atoms with van der Waals surface area (Å²) in [5, 5.41) is 10.7. The number of anilines is 1. The van der Waals surface area contributed by atoms with Crippen LogP contribution in [0.5, 0.6) is 0 Å². The van der Waals surface area contributed by atoms with Crippen LogP contribution in [0.15, 0.2) is 30.5 Å². The van der Waals surface area contributed by atoms with Gasteiger partial charge in [0.25, 0.3) is 5.91 Å². The zero-order valence-corrected chi connectivity index (χ0v) is 18.5. The highest BCUT2D eigenvalue weighted by atomic mass is 35.5. The summed E-state index contributed by atoms with van der Waals surface area (Å²) < 4.78 is 55.5. The Morgan fingerprint density at radius 1 is 1.24 bits per heavy atom. The second kappa shape index (κ2) is 9.17. The molecule has 0 aliphatic heterocycles. The van der Waals surface area contributed by atoms with Gasteiger partial charge < -0.3 is 10.6 Å². The van der Waals surface area contributed by atoms with Crippen LogP contribution < -0.4 is 10.6 Å². The van der Waals surface area contributed by atoms with E-state index >= 15 is 0 Å². The molecule has 2 heterocycles. The number of halogens is 5. The lowest BCUT2D eigenvalue weighted by Crippen LogP contribution is -2.42. The van der Waals surface area contributed by atoms with Crippen molar-refractivity contribution in [1.82, 2.24) is 20.1 Å². The number of amides is 1. The van der Waals surface area contributed by atoms with Crippen molar-refractivity contribution in [3.05, 3.63) is 52.7 Å². The number of aryl methyl sites for hydroxylation is 1. The van der Waals surface area contributed by atoms with Crippen LogP contribution in [0, 0.1) is 5.95 Å². The number of hydrogen-bond acceptors (Lipinski definition) is 4. The standard InChI is InChI=1S/C22H22ClF4N5O/c1-2-32-20(24)16(11-28-32)21(33)30-14-5-3-4-13(9-14)29-18-10-19(22(25,26)27)31-17-7-6-12(23)8-15(17)18/h6-8,10-11,13-14H,2-5,9H2,1H3,(H,29,31)(H,30,33)/t13-,14+/m0/s1. The number of benzene rings is 1. The first-order valence-corrected chi connectivity index (χ1v) is 11.0. The van der Waals surface area contributed by atoms with Crippen molar-refractivity contribution in [3.63, 3.8) is 0 Å². The van der Waals surface area contributed by atoms with Gasteiger partial charge in [0.15, 0.2) is 0 Å². The van der Waals surface area contributed by atoms with Gasteiger partial charge in [-0.05, 0) is 56.9 Å². The molecule has 0 unspecified atom stereocenters. The lowest BCUT2D eigenvalue weighted by molar-refractivity contribution is -0.140. The number of pyridine rings is 1. The maximum absolute atomic E-state index is 14.2. The van der Waals surface area contributed by atoms with Gasteiger partial charge in [-0.25, -0.2) is 9.67 Å². The van der Waals surface area contributed by atoms with Gasteiger partial charge in [-0.2, -0.15) is 22.7 Å². The van der Waals surface area contributed by atoms with Gasteiger partial charge in [0, 0.05) is 34.7 Å². The molecule has 1 saturated carbocycles. The number of nitrogens with one attached hydrogen (secondary N) is 2. The van der Waals surface area contributed by atoms with E-state index in [0.717, 1.165) is 17.2 Å². The van der Waals surface area contributed by atoms with Crippen LogP contribution in [0.25, 0.3) is 10.9 Å². The SMILES string of the molecule is CCn1ncc(C(=O)N[C@@H]2CCC[C@H](Nc3cc(C(F)(F)F)nc4ccc(Cl)cc34)C2)c1F. The van der Waals surface area contributed by atoms with E-state index in [0.29, 0.717) is 36.2 Å². The van der Waals surface area contributed by atoms with E-state index < -0.39 is 23.7 Å². The summed E-state index contributed by atoms with van der Waals surface area (Å²) >= 11 is 6.06. The smallest absolute Gasteiger partial charge is 0.382 e. The fourth-order valence-corrected chi connectivity index (χ4v) is 4.31. The minimum atomic E-state index is -4.60. The summed E-state index contributed by atoms with van der Waals surface area (Å²) in [6, 6.07) is 5.04. The van der Waals surface area contributed by atoms with Crippen molar-refractivity contribution in [2.24, 2.45) is 0 Å². The highest BCUT2D eigenvalue weighted by Gasteiger charge is 2.34. The summed E-state index contributed by atoms with van der Waals surface area (Å²) in [6.07, 6.45) is -0.792. The van der Waals surface area contributed by atoms with Gasteiger partial charge in [-0.3, -0.25) is 4.79 Å². The molecule has 0 saturated heterocycles. The van der Waals surface area contributed by atoms with Gasteiger partial charge in [-0.1, -0.05) is 11.6 Å². The number of aromatic nitrogens is 3. The first-order chi connectivity index (χ1) is 15.7. The highest BCUT2D eigenvalue weighted by molar-refractivity contribution is 6.31. The van der Waals surface area contributed by atoms with Crippen LogP contribution >= 0.6 is 11.6 Å². The third-order valence-electron chi connectivity index (χ3n) is 5.75. The number of fused-ring (bicyclic) bond motifs is 1. The van der Waals surface area contributed by atoms with E-state index in [1.54, 1.807) is 13.0 Å². The molecule has 6 nitrogen and oxygen atoms in total. The molecule has 4 rings (SSSR count). The van der Waals surface area contributed by atoms with E-state index in [1.807, 2.05) is 0 Å². The Bertz CT molecular complexity index is 1180. The molecular formula is C22H22ClF4N5O. The average Bonchev–Trinajstić information content (AvgIpc) is 3.14. The predicted molar refractivity (Wildman–Crippen MR) is 117 cm³/mol. The Kier molecular flexibility index (Phi) is 6.47. The Morgan fingerprint density at radius 3 is 2.70 bits per heavy atom. The van der Waals surface area contributed by atoms with Crippen molar-refractivity contribution in [2.45, 2.75) is 57.4 Å². The van der Waals surface area contributed by atoms with Crippen molar-refractivity contribution >= 4 is 34.1 Å². The average molecular weight is 484 g/mol. The molecule has 1 aliphatic carbocycles. The van der Waals surface area contributed by atoms with Crippen molar-refractivity contribution in [3.8, 4) is 0 Å². The molecule has 33 heavy (non-hydrogen) atoms. The number of carbonyl (C=O) groups is 1. The zero-order valence-electron chi connectivity index (χ0n) is 17.7. The molecule has 0 radical (unpaired) electrons. The number of alkyl halides is 3. The Balaban J connectivity index is 1.53. The molecule has 0 spiro atoms. The number of carbonyl (C=O) groups excluding carboxylic acids is 1. The Hall–Kier alpha value is -2.88. The molecule has 1 aromatic carbocycles. The third-order valence-corrected chi connectivity index (χ3v) is 5.98. The predicted octanol–water partition coefficient (Wildman–Crippen LogP) is 5.42. The zero-order chi connectivity index (χ0) is 23.8. The summed E-state index contributed by atoms with van der Waals surface area (Å²) in [5.74, 6) is -1.25. The van der Waals surface area contributed by atoms with Crippen molar-refractivity contribution in [1.29, 1.82) is 0 Å². The van der Waals surface area contributed by atoms with E-state index in [9.17, 15) is 22.4 Å². The summed E-state index contributed by atoms with van der Waals surface area (Å²) in [6.45, 7) is 2.02. The molecule has 2 N–H and O–H groups in total. The highest BCUT2D eigenvalue weighted by Crippen LogP contribution is 2.35. The van der Waals surface area contributed by atoms with E-state index in [2.05, 4.69) is 20.7 Å². The largest absolute Gasteiger partial charge is 0.433 e. The van der Waals surface area contributed by atoms with Crippen LogP contribution in [0.2, 0.25) is 5.02 Å². The fraction of sp³-hybridized carbons (Fsp3) is 0.409.